The van der Waals surface area contributed by atoms with Crippen LogP contribution < -0.4 is 5.32 Å². The first-order valence-electron chi connectivity index (χ1n) is 7.15. The molecule has 0 aliphatic rings. The molecule has 0 radical (unpaired) electrons. The van der Waals surface area contributed by atoms with Crippen LogP contribution in [0.3, 0.4) is 0 Å². The van der Waals surface area contributed by atoms with E-state index < -0.39 is 0 Å². The number of anilines is 1. The summed E-state index contributed by atoms with van der Waals surface area (Å²) in [6, 6.07) is 16.2. The molecule has 5 nitrogen and oxygen atoms in total. The molecule has 0 unspecified atom stereocenters. The molecule has 23 heavy (non-hydrogen) atoms. The molecule has 0 aliphatic carbocycles. The number of pyridine rings is 2. The van der Waals surface area contributed by atoms with Gasteiger partial charge in [-0.15, -0.1) is 0 Å². The first-order chi connectivity index (χ1) is 11.3. The zero-order valence-corrected chi connectivity index (χ0v) is 12.3. The molecule has 0 atom stereocenters. The second-order valence-corrected chi connectivity index (χ2v) is 4.92. The van der Waals surface area contributed by atoms with Gasteiger partial charge in [0.2, 0.25) is 0 Å². The van der Waals surface area contributed by atoms with E-state index in [0.29, 0.717) is 22.5 Å². The van der Waals surface area contributed by atoms with Crippen molar-refractivity contribution in [2.45, 2.75) is 6.61 Å². The summed E-state index contributed by atoms with van der Waals surface area (Å²) in [5, 5.41) is 12.1. The highest BCUT2D eigenvalue weighted by Crippen LogP contribution is 2.17. The minimum absolute atomic E-state index is 0.132. The third kappa shape index (κ3) is 3.41. The lowest BCUT2D eigenvalue weighted by Crippen LogP contribution is -2.13. The van der Waals surface area contributed by atoms with E-state index in [1.54, 1.807) is 36.5 Å². The molecule has 2 N–H and O–H groups in total. The largest absolute Gasteiger partial charge is 0.392 e. The van der Waals surface area contributed by atoms with Crippen molar-refractivity contribution in [3.8, 4) is 11.4 Å². The summed E-state index contributed by atoms with van der Waals surface area (Å²) in [5.74, 6) is -0.272. The minimum Gasteiger partial charge on any atom is -0.392 e. The standard InChI is InChI=1S/C18H15N3O2/c22-12-14-5-1-2-6-15(14)21-18(23)13-8-9-17(20-11-13)16-7-3-4-10-19-16/h1-11,22H,12H2,(H,21,23). The van der Waals surface area contributed by atoms with Crippen molar-refractivity contribution >= 4 is 11.6 Å². The average molecular weight is 305 g/mol. The number of nitrogens with one attached hydrogen (secondary N) is 1. The van der Waals surface area contributed by atoms with Gasteiger partial charge in [0.25, 0.3) is 5.91 Å². The predicted molar refractivity (Wildman–Crippen MR) is 87.8 cm³/mol. The van der Waals surface area contributed by atoms with Gasteiger partial charge < -0.3 is 10.4 Å². The van der Waals surface area contributed by atoms with Crippen LogP contribution in [0.25, 0.3) is 11.4 Å². The van der Waals surface area contributed by atoms with Crippen molar-refractivity contribution in [3.63, 3.8) is 0 Å². The minimum atomic E-state index is -0.272. The Bertz CT molecular complexity index is 802. The van der Waals surface area contributed by atoms with Crippen LogP contribution in [0.4, 0.5) is 5.69 Å². The van der Waals surface area contributed by atoms with Crippen LogP contribution in [-0.2, 0) is 6.61 Å². The van der Waals surface area contributed by atoms with Gasteiger partial charge in [-0.05, 0) is 30.3 Å². The monoisotopic (exact) mass is 305 g/mol. The van der Waals surface area contributed by atoms with E-state index in [1.807, 2.05) is 24.3 Å². The number of carbonyl (C=O) groups excluding carboxylic acids is 1. The quantitative estimate of drug-likeness (QED) is 0.777. The summed E-state index contributed by atoms with van der Waals surface area (Å²) >= 11 is 0. The van der Waals surface area contributed by atoms with Crippen molar-refractivity contribution in [2.24, 2.45) is 0 Å². The summed E-state index contributed by atoms with van der Waals surface area (Å²) < 4.78 is 0. The Morgan fingerprint density at radius 2 is 1.74 bits per heavy atom. The van der Waals surface area contributed by atoms with Crippen molar-refractivity contribution in [1.82, 2.24) is 9.97 Å². The molecule has 0 aliphatic heterocycles. The lowest BCUT2D eigenvalue weighted by molar-refractivity contribution is 0.102. The van der Waals surface area contributed by atoms with Gasteiger partial charge in [0.1, 0.15) is 0 Å². The van der Waals surface area contributed by atoms with Gasteiger partial charge in [-0.25, -0.2) is 0 Å². The fourth-order valence-corrected chi connectivity index (χ4v) is 2.17. The molecule has 0 saturated carbocycles. The highest BCUT2D eigenvalue weighted by Gasteiger charge is 2.09. The van der Waals surface area contributed by atoms with Crippen molar-refractivity contribution < 1.29 is 9.90 Å². The summed E-state index contributed by atoms with van der Waals surface area (Å²) in [6.45, 7) is -0.132. The molecule has 5 heteroatoms. The van der Waals surface area contributed by atoms with Crippen molar-refractivity contribution in [1.29, 1.82) is 0 Å². The molecule has 0 spiro atoms. The van der Waals surface area contributed by atoms with Gasteiger partial charge in [0.05, 0.1) is 23.6 Å². The average Bonchev–Trinajstić information content (AvgIpc) is 2.63. The number of benzene rings is 1. The maximum absolute atomic E-state index is 12.3. The smallest absolute Gasteiger partial charge is 0.257 e. The number of aliphatic hydroxyl groups is 1. The summed E-state index contributed by atoms with van der Waals surface area (Å²) in [4.78, 5) is 20.8. The molecule has 114 valence electrons. The maximum Gasteiger partial charge on any atom is 0.257 e. The van der Waals surface area contributed by atoms with Gasteiger partial charge in [-0.1, -0.05) is 24.3 Å². The second-order valence-electron chi connectivity index (χ2n) is 4.92. The van der Waals surface area contributed by atoms with Gasteiger partial charge in [0, 0.05) is 23.6 Å². The molecule has 3 aromatic rings. The molecule has 0 fully saturated rings. The highest BCUT2D eigenvalue weighted by atomic mass is 16.3. The van der Waals surface area contributed by atoms with Crippen LogP contribution in [0.1, 0.15) is 15.9 Å². The van der Waals surface area contributed by atoms with E-state index in [9.17, 15) is 9.90 Å². The van der Waals surface area contributed by atoms with E-state index in [0.717, 1.165) is 5.69 Å². The van der Waals surface area contributed by atoms with Crippen LogP contribution in [0, 0.1) is 0 Å². The first kappa shape index (κ1) is 14.9. The normalized spacial score (nSPS) is 10.3. The van der Waals surface area contributed by atoms with Gasteiger partial charge >= 0.3 is 0 Å². The Morgan fingerprint density at radius 1 is 0.957 bits per heavy atom. The van der Waals surface area contributed by atoms with Crippen molar-refractivity contribution in [3.05, 3.63) is 78.1 Å². The summed E-state index contributed by atoms with van der Waals surface area (Å²) in [7, 11) is 0. The SMILES string of the molecule is O=C(Nc1ccccc1CO)c1ccc(-c2ccccn2)nc1. The van der Waals surface area contributed by atoms with Gasteiger partial charge in [0.15, 0.2) is 0 Å². The van der Waals surface area contributed by atoms with Crippen molar-refractivity contribution in [2.75, 3.05) is 5.32 Å². The summed E-state index contributed by atoms with van der Waals surface area (Å²) in [6.07, 6.45) is 3.21. The molecule has 1 aromatic carbocycles. The van der Waals surface area contributed by atoms with E-state index in [1.165, 1.54) is 6.20 Å². The third-order valence-corrected chi connectivity index (χ3v) is 3.39. The fourth-order valence-electron chi connectivity index (χ4n) is 2.17. The molecule has 0 bridgehead atoms. The zero-order valence-electron chi connectivity index (χ0n) is 12.3. The number of hydrogen-bond donors (Lipinski definition) is 2. The van der Waals surface area contributed by atoms with Gasteiger partial charge in [-0.3, -0.25) is 14.8 Å². The van der Waals surface area contributed by atoms with Crippen LogP contribution in [0.15, 0.2) is 67.0 Å². The Kier molecular flexibility index (Phi) is 4.40. The van der Waals surface area contributed by atoms with E-state index in [2.05, 4.69) is 15.3 Å². The van der Waals surface area contributed by atoms with Crippen LogP contribution in [0.2, 0.25) is 0 Å². The molecule has 2 aromatic heterocycles. The maximum atomic E-state index is 12.3. The van der Waals surface area contributed by atoms with Crippen LogP contribution in [-0.4, -0.2) is 21.0 Å². The Morgan fingerprint density at radius 3 is 2.43 bits per heavy atom. The predicted octanol–water partition coefficient (Wildman–Crippen LogP) is 2.89. The number of carbonyl (C=O) groups is 1. The van der Waals surface area contributed by atoms with Gasteiger partial charge in [-0.2, -0.15) is 0 Å². The van der Waals surface area contributed by atoms with E-state index >= 15 is 0 Å². The summed E-state index contributed by atoms with van der Waals surface area (Å²) in [5.41, 5.74) is 3.16. The topological polar surface area (TPSA) is 75.1 Å². The number of rotatable bonds is 4. The number of aromatic nitrogens is 2. The Hall–Kier alpha value is -3.05. The lowest BCUT2D eigenvalue weighted by Gasteiger charge is -2.09. The number of amides is 1. The zero-order chi connectivity index (χ0) is 16.1. The number of nitrogens with zero attached hydrogens (tertiary/aromatic N) is 2. The molecular weight excluding hydrogens is 290 g/mol. The Balaban J connectivity index is 1.78. The molecule has 1 amide bonds. The number of aliphatic hydroxyl groups excluding tert-OH is 1. The molecule has 0 saturated heterocycles. The van der Waals surface area contributed by atoms with E-state index in [4.69, 9.17) is 0 Å². The fraction of sp³-hybridized carbons (Fsp3) is 0.0556. The molecule has 2 heterocycles. The second kappa shape index (κ2) is 6.81. The first-order valence-corrected chi connectivity index (χ1v) is 7.15. The third-order valence-electron chi connectivity index (χ3n) is 3.39. The van der Waals surface area contributed by atoms with E-state index in [-0.39, 0.29) is 12.5 Å². The lowest BCUT2D eigenvalue weighted by atomic mass is 10.1. The molecular formula is C18H15N3O2. The molecule has 3 rings (SSSR count). The Labute approximate surface area is 133 Å². The van der Waals surface area contributed by atoms with Crippen LogP contribution >= 0.6 is 0 Å². The van der Waals surface area contributed by atoms with Crippen LogP contribution in [0.5, 0.6) is 0 Å². The number of hydrogen-bond acceptors (Lipinski definition) is 4. The highest BCUT2D eigenvalue weighted by molar-refractivity contribution is 6.04. The number of para-hydroxylation sites is 1.